The molecule has 0 saturated carbocycles. The molecule has 1 aliphatic rings. The van der Waals surface area contributed by atoms with Crippen LogP contribution in [0.3, 0.4) is 0 Å². The maximum Gasteiger partial charge on any atom is 0.315 e. The number of para-hydroxylation sites is 1. The zero-order valence-corrected chi connectivity index (χ0v) is 12.1. The van der Waals surface area contributed by atoms with E-state index in [0.29, 0.717) is 11.4 Å². The highest BCUT2D eigenvalue weighted by Crippen LogP contribution is 2.33. The molecule has 1 aromatic carbocycles. The first-order valence-electron chi connectivity index (χ1n) is 7.08. The number of likely N-dealkylation sites (N-methyl/N-ethyl adjacent to an activating group) is 1. The summed E-state index contributed by atoms with van der Waals surface area (Å²) in [6.07, 6.45) is 1.95. The van der Waals surface area contributed by atoms with Crippen molar-refractivity contribution in [2.45, 2.75) is 25.8 Å². The lowest BCUT2D eigenvalue weighted by atomic mass is 10.2. The first-order chi connectivity index (χ1) is 9.61. The summed E-state index contributed by atoms with van der Waals surface area (Å²) in [4.78, 5) is 13.3. The first kappa shape index (κ1) is 14.6. The number of benzene rings is 1. The smallest absolute Gasteiger partial charge is 0.315 e. The highest BCUT2D eigenvalue weighted by Gasteiger charge is 2.24. The molecule has 0 aromatic heterocycles. The Bertz CT molecular complexity index is 478. The van der Waals surface area contributed by atoms with Crippen LogP contribution in [0, 0.1) is 10.1 Å². The number of anilines is 2. The van der Waals surface area contributed by atoms with Crippen LogP contribution in [0.4, 0.5) is 17.1 Å². The molecule has 0 bridgehead atoms. The van der Waals surface area contributed by atoms with Gasteiger partial charge < -0.3 is 15.5 Å². The molecule has 2 rings (SSSR count). The lowest BCUT2D eigenvalue weighted by Crippen LogP contribution is -2.24. The highest BCUT2D eigenvalue weighted by atomic mass is 16.6. The molecule has 20 heavy (non-hydrogen) atoms. The molecular formula is C14H22N4O2. The quantitative estimate of drug-likeness (QED) is 0.618. The van der Waals surface area contributed by atoms with E-state index < -0.39 is 0 Å². The second kappa shape index (κ2) is 6.56. The van der Waals surface area contributed by atoms with Gasteiger partial charge in [0.15, 0.2) is 0 Å². The van der Waals surface area contributed by atoms with E-state index in [2.05, 4.69) is 22.6 Å². The summed E-state index contributed by atoms with van der Waals surface area (Å²) in [7, 11) is 2.06. The van der Waals surface area contributed by atoms with Crippen molar-refractivity contribution < 1.29 is 4.92 Å². The van der Waals surface area contributed by atoms with Crippen molar-refractivity contribution in [1.82, 2.24) is 4.90 Å². The molecule has 0 radical (unpaired) electrons. The summed E-state index contributed by atoms with van der Waals surface area (Å²) in [6.45, 7) is 4.72. The van der Waals surface area contributed by atoms with Crippen molar-refractivity contribution in [3.8, 4) is 0 Å². The number of nitrogens with one attached hydrogen (secondary N) is 2. The van der Waals surface area contributed by atoms with Crippen LogP contribution in [0.25, 0.3) is 0 Å². The first-order valence-corrected chi connectivity index (χ1v) is 7.08. The minimum atomic E-state index is -0.307. The third kappa shape index (κ3) is 3.39. The SMILES string of the molecule is CCCNc1cccc(NC2CCN(C)C2)c1[N+](=O)[O-]. The predicted octanol–water partition coefficient (Wildman–Crippen LogP) is 2.53. The monoisotopic (exact) mass is 278 g/mol. The lowest BCUT2D eigenvalue weighted by Gasteiger charge is -2.16. The molecule has 2 N–H and O–H groups in total. The van der Waals surface area contributed by atoms with E-state index in [1.54, 1.807) is 12.1 Å². The fourth-order valence-corrected chi connectivity index (χ4v) is 2.53. The maximum atomic E-state index is 11.4. The fraction of sp³-hybridized carbons (Fsp3) is 0.571. The minimum absolute atomic E-state index is 0.149. The number of nitro groups is 1. The van der Waals surface area contributed by atoms with E-state index >= 15 is 0 Å². The standard InChI is InChI=1S/C14H22N4O2/c1-3-8-15-12-5-4-6-13(14(12)18(19)20)16-11-7-9-17(2)10-11/h4-6,11,15-16H,3,7-10H2,1-2H3. The molecule has 1 saturated heterocycles. The molecule has 1 atom stereocenters. The molecule has 1 aromatic rings. The molecule has 110 valence electrons. The number of rotatable bonds is 6. The molecule has 0 spiro atoms. The van der Waals surface area contributed by atoms with Crippen molar-refractivity contribution in [1.29, 1.82) is 0 Å². The zero-order valence-electron chi connectivity index (χ0n) is 12.1. The number of nitro benzene ring substituents is 1. The van der Waals surface area contributed by atoms with Gasteiger partial charge >= 0.3 is 5.69 Å². The fourth-order valence-electron chi connectivity index (χ4n) is 2.53. The largest absolute Gasteiger partial charge is 0.379 e. The van der Waals surface area contributed by atoms with Gasteiger partial charge in [0.1, 0.15) is 11.4 Å². The Labute approximate surface area is 119 Å². The Kier molecular flexibility index (Phi) is 4.79. The van der Waals surface area contributed by atoms with Crippen molar-refractivity contribution in [3.63, 3.8) is 0 Å². The zero-order chi connectivity index (χ0) is 14.5. The summed E-state index contributed by atoms with van der Waals surface area (Å²) < 4.78 is 0. The molecule has 6 heteroatoms. The number of hydrogen-bond acceptors (Lipinski definition) is 5. The van der Waals surface area contributed by atoms with Gasteiger partial charge in [0.05, 0.1) is 4.92 Å². The van der Waals surface area contributed by atoms with Gasteiger partial charge in [0.2, 0.25) is 0 Å². The van der Waals surface area contributed by atoms with Crippen LogP contribution in [-0.2, 0) is 0 Å². The summed E-state index contributed by atoms with van der Waals surface area (Å²) in [5, 5.41) is 17.8. The minimum Gasteiger partial charge on any atom is -0.379 e. The second-order valence-corrected chi connectivity index (χ2v) is 5.28. The second-order valence-electron chi connectivity index (χ2n) is 5.28. The number of nitrogens with zero attached hydrogens (tertiary/aromatic N) is 2. The van der Waals surface area contributed by atoms with Crippen LogP contribution >= 0.6 is 0 Å². The van der Waals surface area contributed by atoms with Crippen LogP contribution in [0.1, 0.15) is 19.8 Å². The Hall–Kier alpha value is -1.82. The molecule has 1 heterocycles. The van der Waals surface area contributed by atoms with Gasteiger partial charge in [0, 0.05) is 19.1 Å². The van der Waals surface area contributed by atoms with Crippen LogP contribution in [0.15, 0.2) is 18.2 Å². The van der Waals surface area contributed by atoms with Crippen LogP contribution < -0.4 is 10.6 Å². The summed E-state index contributed by atoms with van der Waals surface area (Å²) in [5.41, 5.74) is 1.35. The average Bonchev–Trinajstić information content (AvgIpc) is 2.81. The summed E-state index contributed by atoms with van der Waals surface area (Å²) in [6, 6.07) is 5.68. The van der Waals surface area contributed by atoms with Crippen LogP contribution in [0.2, 0.25) is 0 Å². The van der Waals surface area contributed by atoms with Gasteiger partial charge in [0.25, 0.3) is 0 Å². The Balaban J connectivity index is 2.20. The summed E-state index contributed by atoms with van der Waals surface area (Å²) in [5.74, 6) is 0. The molecule has 0 amide bonds. The van der Waals surface area contributed by atoms with E-state index in [1.807, 2.05) is 13.0 Å². The van der Waals surface area contributed by atoms with Gasteiger partial charge in [-0.25, -0.2) is 0 Å². The topological polar surface area (TPSA) is 70.4 Å². The van der Waals surface area contributed by atoms with Gasteiger partial charge in [-0.15, -0.1) is 0 Å². The van der Waals surface area contributed by atoms with E-state index in [9.17, 15) is 10.1 Å². The molecule has 0 aliphatic carbocycles. The molecule has 1 unspecified atom stereocenters. The third-order valence-corrected chi connectivity index (χ3v) is 3.54. The van der Waals surface area contributed by atoms with E-state index in [1.165, 1.54) is 0 Å². The molecular weight excluding hydrogens is 256 g/mol. The average molecular weight is 278 g/mol. The maximum absolute atomic E-state index is 11.4. The molecule has 1 fully saturated rings. The van der Waals surface area contributed by atoms with Crippen molar-refractivity contribution in [3.05, 3.63) is 28.3 Å². The van der Waals surface area contributed by atoms with Gasteiger partial charge in [-0.3, -0.25) is 10.1 Å². The van der Waals surface area contributed by atoms with Crippen LogP contribution in [-0.4, -0.2) is 42.5 Å². The van der Waals surface area contributed by atoms with Crippen LogP contribution in [0.5, 0.6) is 0 Å². The van der Waals surface area contributed by atoms with Crippen molar-refractivity contribution in [2.24, 2.45) is 0 Å². The summed E-state index contributed by atoms with van der Waals surface area (Å²) >= 11 is 0. The van der Waals surface area contributed by atoms with Gasteiger partial charge in [-0.2, -0.15) is 0 Å². The normalized spacial score (nSPS) is 19.0. The number of hydrogen-bond donors (Lipinski definition) is 2. The van der Waals surface area contributed by atoms with E-state index in [-0.39, 0.29) is 16.7 Å². The molecule has 6 nitrogen and oxygen atoms in total. The van der Waals surface area contributed by atoms with E-state index in [4.69, 9.17) is 0 Å². The van der Waals surface area contributed by atoms with Gasteiger partial charge in [-0.05, 0) is 38.6 Å². The predicted molar refractivity (Wildman–Crippen MR) is 81.4 cm³/mol. The third-order valence-electron chi connectivity index (χ3n) is 3.54. The van der Waals surface area contributed by atoms with Crippen molar-refractivity contribution in [2.75, 3.05) is 37.3 Å². The Morgan fingerprint density at radius 3 is 2.80 bits per heavy atom. The van der Waals surface area contributed by atoms with E-state index in [0.717, 1.165) is 32.5 Å². The Morgan fingerprint density at radius 1 is 1.45 bits per heavy atom. The molecule has 1 aliphatic heterocycles. The number of likely N-dealkylation sites (tertiary alicyclic amines) is 1. The lowest BCUT2D eigenvalue weighted by molar-refractivity contribution is -0.383. The highest BCUT2D eigenvalue weighted by molar-refractivity contribution is 5.76. The van der Waals surface area contributed by atoms with Crippen molar-refractivity contribution >= 4 is 17.1 Å². The van der Waals surface area contributed by atoms with Gasteiger partial charge in [-0.1, -0.05) is 13.0 Å². The Morgan fingerprint density at radius 2 is 2.20 bits per heavy atom.